The van der Waals surface area contributed by atoms with Crippen LogP contribution in [0.2, 0.25) is 0 Å². The van der Waals surface area contributed by atoms with Gasteiger partial charge in [0, 0.05) is 11.7 Å². The van der Waals surface area contributed by atoms with Crippen LogP contribution in [0, 0.1) is 0 Å². The molecular weight excluding hydrogens is 218 g/mol. The van der Waals surface area contributed by atoms with E-state index in [1.165, 1.54) is 11.3 Å². The van der Waals surface area contributed by atoms with Crippen molar-refractivity contribution in [2.45, 2.75) is 36.8 Å². The van der Waals surface area contributed by atoms with Gasteiger partial charge < -0.3 is 5.32 Å². The maximum absolute atomic E-state index is 11.0. The molecule has 1 rings (SSSR count). The van der Waals surface area contributed by atoms with E-state index in [-0.39, 0.29) is 5.91 Å². The highest BCUT2D eigenvalue weighted by molar-refractivity contribution is 8.01. The summed E-state index contributed by atoms with van der Waals surface area (Å²) >= 11 is 3.06. The maximum atomic E-state index is 11.0. The lowest BCUT2D eigenvalue weighted by molar-refractivity contribution is -0.115. The number of hydrogen-bond acceptors (Lipinski definition) is 5. The Morgan fingerprint density at radius 3 is 2.86 bits per heavy atom. The molecule has 1 heterocycles. The number of rotatable bonds is 4. The van der Waals surface area contributed by atoms with Gasteiger partial charge in [0.15, 0.2) is 4.34 Å². The second-order valence-electron chi connectivity index (χ2n) is 2.94. The van der Waals surface area contributed by atoms with E-state index in [4.69, 9.17) is 0 Å². The Balaban J connectivity index is 2.55. The molecule has 0 saturated heterocycles. The molecule has 0 unspecified atom stereocenters. The van der Waals surface area contributed by atoms with E-state index in [0.29, 0.717) is 16.8 Å². The van der Waals surface area contributed by atoms with E-state index in [1.54, 1.807) is 18.7 Å². The molecule has 0 aliphatic carbocycles. The Labute approximate surface area is 91.5 Å². The summed E-state index contributed by atoms with van der Waals surface area (Å²) in [6, 6.07) is 0. The van der Waals surface area contributed by atoms with Crippen molar-refractivity contribution in [2.24, 2.45) is 0 Å². The largest absolute Gasteiger partial charge is 0.301 e. The van der Waals surface area contributed by atoms with Gasteiger partial charge in [0.2, 0.25) is 11.0 Å². The van der Waals surface area contributed by atoms with Crippen LogP contribution in [0.3, 0.4) is 0 Å². The molecule has 6 heteroatoms. The van der Waals surface area contributed by atoms with Gasteiger partial charge in [-0.15, -0.1) is 10.2 Å². The summed E-state index contributed by atoms with van der Waals surface area (Å²) < 4.78 is 0.895. The van der Waals surface area contributed by atoms with Crippen LogP contribution in [-0.4, -0.2) is 21.4 Å². The molecule has 4 nitrogen and oxygen atoms in total. The predicted molar refractivity (Wildman–Crippen MR) is 59.8 cm³/mol. The first-order valence-corrected chi connectivity index (χ1v) is 6.11. The highest BCUT2D eigenvalue weighted by Crippen LogP contribution is 2.28. The summed E-state index contributed by atoms with van der Waals surface area (Å²) in [4.78, 5) is 11.0. The third-order valence-electron chi connectivity index (χ3n) is 1.31. The summed E-state index contributed by atoms with van der Waals surface area (Å²) in [5.41, 5.74) is 0. The maximum Gasteiger partial charge on any atom is 0.225 e. The SMILES string of the molecule is CCC(=O)Nc1nnc(SC(C)C)s1. The lowest BCUT2D eigenvalue weighted by atomic mass is 10.5. The van der Waals surface area contributed by atoms with Crippen molar-refractivity contribution in [1.29, 1.82) is 0 Å². The molecule has 0 aliphatic rings. The number of anilines is 1. The van der Waals surface area contributed by atoms with Crippen LogP contribution in [-0.2, 0) is 4.79 Å². The molecule has 0 spiro atoms. The second kappa shape index (κ2) is 5.31. The molecule has 0 aromatic carbocycles. The second-order valence-corrected chi connectivity index (χ2v) is 5.74. The lowest BCUT2D eigenvalue weighted by Crippen LogP contribution is -2.08. The Morgan fingerprint density at radius 1 is 1.57 bits per heavy atom. The number of amides is 1. The fourth-order valence-corrected chi connectivity index (χ4v) is 2.71. The minimum absolute atomic E-state index is 0.0257. The third kappa shape index (κ3) is 3.63. The van der Waals surface area contributed by atoms with Crippen molar-refractivity contribution >= 4 is 34.1 Å². The average Bonchev–Trinajstić information content (AvgIpc) is 2.51. The van der Waals surface area contributed by atoms with Crippen LogP contribution in [0.5, 0.6) is 0 Å². The quantitative estimate of drug-likeness (QED) is 0.638. The van der Waals surface area contributed by atoms with Crippen molar-refractivity contribution < 1.29 is 4.79 Å². The van der Waals surface area contributed by atoms with Crippen molar-refractivity contribution in [1.82, 2.24) is 10.2 Å². The van der Waals surface area contributed by atoms with Crippen molar-refractivity contribution in [3.8, 4) is 0 Å². The molecule has 0 aliphatic heterocycles. The summed E-state index contributed by atoms with van der Waals surface area (Å²) in [6.07, 6.45) is 0.465. The molecular formula is C8H13N3OS2. The van der Waals surface area contributed by atoms with Crippen LogP contribution < -0.4 is 5.32 Å². The Kier molecular flexibility index (Phi) is 4.34. The number of carbonyl (C=O) groups excluding carboxylic acids is 1. The summed E-state index contributed by atoms with van der Waals surface area (Å²) in [6.45, 7) is 5.99. The van der Waals surface area contributed by atoms with Crippen molar-refractivity contribution in [3.05, 3.63) is 0 Å². The van der Waals surface area contributed by atoms with Gasteiger partial charge in [-0.2, -0.15) is 0 Å². The number of thioether (sulfide) groups is 1. The molecule has 14 heavy (non-hydrogen) atoms. The van der Waals surface area contributed by atoms with Crippen LogP contribution in [0.4, 0.5) is 5.13 Å². The minimum atomic E-state index is -0.0257. The van der Waals surface area contributed by atoms with E-state index in [1.807, 2.05) is 0 Å². The van der Waals surface area contributed by atoms with Crippen molar-refractivity contribution in [3.63, 3.8) is 0 Å². The van der Waals surface area contributed by atoms with Crippen LogP contribution in [0.25, 0.3) is 0 Å². The predicted octanol–water partition coefficient (Wildman–Crippen LogP) is 2.39. The Bertz CT molecular complexity index is 311. The third-order valence-corrected chi connectivity index (χ3v) is 3.24. The van der Waals surface area contributed by atoms with Gasteiger partial charge in [-0.25, -0.2) is 0 Å². The monoisotopic (exact) mass is 231 g/mol. The number of nitrogens with zero attached hydrogens (tertiary/aromatic N) is 2. The Morgan fingerprint density at radius 2 is 2.29 bits per heavy atom. The van der Waals surface area contributed by atoms with Gasteiger partial charge >= 0.3 is 0 Å². The molecule has 1 aromatic rings. The fourth-order valence-electron chi connectivity index (χ4n) is 0.717. The average molecular weight is 231 g/mol. The Hall–Kier alpha value is -0.620. The smallest absolute Gasteiger partial charge is 0.225 e. The number of aromatic nitrogens is 2. The number of carbonyl (C=O) groups is 1. The number of hydrogen-bond donors (Lipinski definition) is 1. The van der Waals surface area contributed by atoms with Gasteiger partial charge in [0.25, 0.3) is 0 Å². The van der Waals surface area contributed by atoms with Gasteiger partial charge in [-0.1, -0.05) is 43.9 Å². The van der Waals surface area contributed by atoms with Gasteiger partial charge in [0.1, 0.15) is 0 Å². The molecule has 0 radical (unpaired) electrons. The summed E-state index contributed by atoms with van der Waals surface area (Å²) in [7, 11) is 0. The molecule has 78 valence electrons. The first-order chi connectivity index (χ1) is 6.61. The van der Waals surface area contributed by atoms with Crippen LogP contribution in [0.15, 0.2) is 4.34 Å². The highest BCUT2D eigenvalue weighted by atomic mass is 32.2. The van der Waals surface area contributed by atoms with Crippen LogP contribution in [0.1, 0.15) is 27.2 Å². The highest BCUT2D eigenvalue weighted by Gasteiger charge is 2.08. The molecule has 0 atom stereocenters. The fraction of sp³-hybridized carbons (Fsp3) is 0.625. The first-order valence-electron chi connectivity index (χ1n) is 4.41. The van der Waals surface area contributed by atoms with Crippen LogP contribution >= 0.6 is 23.1 Å². The van der Waals surface area contributed by atoms with E-state index in [2.05, 4.69) is 29.4 Å². The zero-order valence-corrected chi connectivity index (χ0v) is 10.0. The first kappa shape index (κ1) is 11.5. The summed E-state index contributed by atoms with van der Waals surface area (Å²) in [5.74, 6) is -0.0257. The molecule has 1 N–H and O–H groups in total. The van der Waals surface area contributed by atoms with Gasteiger partial charge in [0.05, 0.1) is 0 Å². The van der Waals surface area contributed by atoms with E-state index in [9.17, 15) is 4.79 Å². The molecule has 1 aromatic heterocycles. The van der Waals surface area contributed by atoms with E-state index in [0.717, 1.165) is 4.34 Å². The minimum Gasteiger partial charge on any atom is -0.301 e. The lowest BCUT2D eigenvalue weighted by Gasteiger charge is -1.97. The normalized spacial score (nSPS) is 10.6. The summed E-state index contributed by atoms with van der Waals surface area (Å²) in [5, 5.41) is 11.6. The zero-order chi connectivity index (χ0) is 10.6. The van der Waals surface area contributed by atoms with Crippen molar-refractivity contribution in [2.75, 3.05) is 5.32 Å². The molecule has 0 saturated carbocycles. The van der Waals surface area contributed by atoms with Gasteiger partial charge in [-0.3, -0.25) is 4.79 Å². The van der Waals surface area contributed by atoms with E-state index < -0.39 is 0 Å². The molecule has 1 amide bonds. The zero-order valence-electron chi connectivity index (χ0n) is 8.40. The number of nitrogens with one attached hydrogen (secondary N) is 1. The van der Waals surface area contributed by atoms with Gasteiger partial charge in [-0.05, 0) is 0 Å². The molecule has 0 fully saturated rings. The van der Waals surface area contributed by atoms with E-state index >= 15 is 0 Å². The molecule has 0 bridgehead atoms. The standard InChI is InChI=1S/C8H13N3OS2/c1-4-6(12)9-7-10-11-8(14-7)13-5(2)3/h5H,4H2,1-3H3,(H,9,10,12). The topological polar surface area (TPSA) is 54.9 Å².